The molecule has 1 atom stereocenters. The summed E-state index contributed by atoms with van der Waals surface area (Å²) in [6.07, 6.45) is 1.89. The van der Waals surface area contributed by atoms with E-state index in [1.807, 2.05) is 18.2 Å². The number of carbonyl (C=O) groups excluding carboxylic acids is 1. The highest BCUT2D eigenvalue weighted by atomic mass is 79.9. The number of halogens is 2. The number of nitrogens with zero attached hydrogens (tertiary/aromatic N) is 1. The van der Waals surface area contributed by atoms with Crippen molar-refractivity contribution in [2.75, 3.05) is 14.2 Å². The maximum Gasteiger partial charge on any atom is 0.308 e. The van der Waals surface area contributed by atoms with Crippen molar-refractivity contribution in [2.24, 2.45) is 0 Å². The third-order valence-electron chi connectivity index (χ3n) is 4.75. The Kier molecular flexibility index (Phi) is 5.50. The van der Waals surface area contributed by atoms with Crippen molar-refractivity contribution in [3.05, 3.63) is 88.0 Å². The molecule has 1 aliphatic rings. The number of hydrogen-bond acceptors (Lipinski definition) is 5. The van der Waals surface area contributed by atoms with Crippen LogP contribution in [0, 0.1) is 5.82 Å². The second-order valence-corrected chi connectivity index (χ2v) is 7.32. The molecule has 1 aliphatic heterocycles. The van der Waals surface area contributed by atoms with E-state index in [2.05, 4.69) is 21.4 Å². The molecule has 3 aromatic rings. The third kappa shape index (κ3) is 3.78. The Balaban J connectivity index is 1.73. The second kappa shape index (κ2) is 8.23. The molecule has 1 amide bonds. The number of carbonyl (C=O) groups is 1. The largest absolute Gasteiger partial charge is 0.493 e. The summed E-state index contributed by atoms with van der Waals surface area (Å²) in [7, 11) is 3.13. The van der Waals surface area contributed by atoms with E-state index >= 15 is 0 Å². The predicted molar refractivity (Wildman–Crippen MR) is 112 cm³/mol. The van der Waals surface area contributed by atoms with Crippen LogP contribution in [-0.4, -0.2) is 25.1 Å². The van der Waals surface area contributed by atoms with Crippen LogP contribution in [0.25, 0.3) is 5.70 Å². The van der Waals surface area contributed by atoms with E-state index in [0.717, 1.165) is 11.1 Å². The summed E-state index contributed by atoms with van der Waals surface area (Å²) in [5.74, 6) is 0.630. The van der Waals surface area contributed by atoms with Gasteiger partial charge in [0.1, 0.15) is 5.82 Å². The molecule has 30 heavy (non-hydrogen) atoms. The quantitative estimate of drug-likeness (QED) is 0.569. The van der Waals surface area contributed by atoms with Crippen LogP contribution in [-0.2, 0) is 0 Å². The first-order valence-corrected chi connectivity index (χ1v) is 9.84. The van der Waals surface area contributed by atoms with Crippen LogP contribution in [0.1, 0.15) is 27.7 Å². The highest BCUT2D eigenvalue weighted by Gasteiger charge is 2.33. The summed E-state index contributed by atoms with van der Waals surface area (Å²) in [6, 6.07) is 14.3. The minimum Gasteiger partial charge on any atom is -0.493 e. The number of methoxy groups -OCH3 is 2. The van der Waals surface area contributed by atoms with Crippen LogP contribution in [0.4, 0.5) is 4.39 Å². The van der Waals surface area contributed by atoms with Crippen molar-refractivity contribution in [1.82, 2.24) is 10.4 Å². The lowest BCUT2D eigenvalue weighted by molar-refractivity contribution is 0.0638. The Labute approximate surface area is 181 Å². The monoisotopic (exact) mass is 472 g/mol. The molecule has 0 bridgehead atoms. The van der Waals surface area contributed by atoms with Gasteiger partial charge in [0.2, 0.25) is 0 Å². The lowest BCUT2D eigenvalue weighted by atomic mass is 10.0. The fourth-order valence-corrected chi connectivity index (χ4v) is 3.57. The zero-order chi connectivity index (χ0) is 21.3. The van der Waals surface area contributed by atoms with Gasteiger partial charge in [-0.2, -0.15) is 0 Å². The van der Waals surface area contributed by atoms with Crippen molar-refractivity contribution < 1.29 is 23.1 Å². The van der Waals surface area contributed by atoms with Crippen molar-refractivity contribution in [1.29, 1.82) is 0 Å². The number of benzene rings is 2. The van der Waals surface area contributed by atoms with Gasteiger partial charge in [-0.3, -0.25) is 10.2 Å². The standard InChI is InChI=1S/C22H18BrFN2O4/c1-28-18-8-5-14(11-20(18)29-2)16-12-17(13-3-6-15(24)7-4-13)26(25-16)22(27)19-9-10-21(23)30-19/h3-12,17,25H,1-2H3/t17-/m1/s1. The fraction of sp³-hybridized carbons (Fsp3) is 0.136. The Morgan fingerprint density at radius 3 is 2.43 bits per heavy atom. The van der Waals surface area contributed by atoms with Gasteiger partial charge in [-0.1, -0.05) is 12.1 Å². The van der Waals surface area contributed by atoms with Gasteiger partial charge in [0.25, 0.3) is 0 Å². The highest BCUT2D eigenvalue weighted by Crippen LogP contribution is 2.36. The van der Waals surface area contributed by atoms with Crippen molar-refractivity contribution in [3.63, 3.8) is 0 Å². The predicted octanol–water partition coefficient (Wildman–Crippen LogP) is 4.94. The molecular formula is C22H18BrFN2O4. The minimum absolute atomic E-state index is 0.170. The van der Waals surface area contributed by atoms with Crippen molar-refractivity contribution >= 4 is 27.5 Å². The highest BCUT2D eigenvalue weighted by molar-refractivity contribution is 9.10. The van der Waals surface area contributed by atoms with Gasteiger partial charge in [-0.05, 0) is 70.0 Å². The molecular weight excluding hydrogens is 455 g/mol. The Hall–Kier alpha value is -3.26. The number of hydrazine groups is 1. The SMILES string of the molecule is COc1ccc(C2=C[C@H](c3ccc(F)cc3)N(C(=O)c3ccc(Br)o3)N2)cc1OC. The zero-order valence-electron chi connectivity index (χ0n) is 16.2. The molecule has 0 radical (unpaired) electrons. The maximum atomic E-state index is 13.4. The van der Waals surface area contributed by atoms with Crippen LogP contribution >= 0.6 is 15.9 Å². The van der Waals surface area contributed by atoms with Crippen LogP contribution in [0.15, 0.2) is 69.8 Å². The summed E-state index contributed by atoms with van der Waals surface area (Å²) in [5, 5.41) is 1.45. The lowest BCUT2D eigenvalue weighted by Crippen LogP contribution is -2.39. The van der Waals surface area contributed by atoms with E-state index in [1.54, 1.807) is 44.6 Å². The number of hydrogen-bond donors (Lipinski definition) is 1. The number of ether oxygens (including phenoxy) is 2. The minimum atomic E-state index is -0.468. The molecule has 6 nitrogen and oxygen atoms in total. The van der Waals surface area contributed by atoms with Gasteiger partial charge < -0.3 is 13.9 Å². The first-order chi connectivity index (χ1) is 14.5. The second-order valence-electron chi connectivity index (χ2n) is 6.54. The molecule has 154 valence electrons. The van der Waals surface area contributed by atoms with E-state index in [0.29, 0.717) is 21.9 Å². The lowest BCUT2D eigenvalue weighted by Gasteiger charge is -2.24. The summed E-state index contributed by atoms with van der Waals surface area (Å²) in [6.45, 7) is 0. The average Bonchev–Trinajstić information content (AvgIpc) is 3.40. The van der Waals surface area contributed by atoms with Crippen LogP contribution < -0.4 is 14.9 Å². The molecule has 1 aromatic heterocycles. The molecule has 0 spiro atoms. The molecule has 0 fully saturated rings. The van der Waals surface area contributed by atoms with E-state index < -0.39 is 6.04 Å². The number of furan rings is 1. The van der Waals surface area contributed by atoms with Gasteiger partial charge in [-0.25, -0.2) is 9.40 Å². The number of amides is 1. The smallest absolute Gasteiger partial charge is 0.308 e. The van der Waals surface area contributed by atoms with E-state index in [1.165, 1.54) is 17.1 Å². The Morgan fingerprint density at radius 1 is 1.07 bits per heavy atom. The molecule has 0 saturated carbocycles. The van der Waals surface area contributed by atoms with Gasteiger partial charge in [0.15, 0.2) is 21.9 Å². The summed E-state index contributed by atoms with van der Waals surface area (Å²) in [5.41, 5.74) is 5.39. The normalized spacial score (nSPS) is 15.5. The summed E-state index contributed by atoms with van der Waals surface area (Å²) < 4.78 is 30.0. The Bertz CT molecular complexity index is 1110. The van der Waals surface area contributed by atoms with Crippen molar-refractivity contribution in [2.45, 2.75) is 6.04 Å². The molecule has 8 heteroatoms. The van der Waals surface area contributed by atoms with Crippen LogP contribution in [0.2, 0.25) is 0 Å². The van der Waals surface area contributed by atoms with Crippen LogP contribution in [0.5, 0.6) is 11.5 Å². The Morgan fingerprint density at radius 2 is 1.80 bits per heavy atom. The summed E-state index contributed by atoms with van der Waals surface area (Å²) in [4.78, 5) is 13.1. The van der Waals surface area contributed by atoms with Crippen LogP contribution in [0.3, 0.4) is 0 Å². The number of nitrogens with one attached hydrogen (secondary N) is 1. The average molecular weight is 473 g/mol. The van der Waals surface area contributed by atoms with E-state index in [9.17, 15) is 9.18 Å². The molecule has 1 N–H and O–H groups in total. The summed E-state index contributed by atoms with van der Waals surface area (Å²) >= 11 is 3.22. The maximum absolute atomic E-state index is 13.4. The topological polar surface area (TPSA) is 63.9 Å². The van der Waals surface area contributed by atoms with Crippen molar-refractivity contribution in [3.8, 4) is 11.5 Å². The molecule has 2 aromatic carbocycles. The van der Waals surface area contributed by atoms with E-state index in [4.69, 9.17) is 13.9 Å². The van der Waals surface area contributed by atoms with Gasteiger partial charge in [0.05, 0.1) is 26.0 Å². The first kappa shape index (κ1) is 20.0. The number of rotatable bonds is 5. The van der Waals surface area contributed by atoms with Gasteiger partial charge in [0, 0.05) is 5.56 Å². The molecule has 0 unspecified atom stereocenters. The first-order valence-electron chi connectivity index (χ1n) is 9.05. The molecule has 0 aliphatic carbocycles. The molecule has 2 heterocycles. The molecule has 0 saturated heterocycles. The third-order valence-corrected chi connectivity index (χ3v) is 5.18. The van der Waals surface area contributed by atoms with Gasteiger partial charge >= 0.3 is 5.91 Å². The fourth-order valence-electron chi connectivity index (χ4n) is 3.26. The van der Waals surface area contributed by atoms with Gasteiger partial charge in [-0.15, -0.1) is 0 Å². The molecule has 4 rings (SSSR count). The zero-order valence-corrected chi connectivity index (χ0v) is 17.8. The van der Waals surface area contributed by atoms with E-state index in [-0.39, 0.29) is 17.5 Å².